The molecule has 2 aliphatic rings. The second kappa shape index (κ2) is 6.99. The number of halogens is 1. The van der Waals surface area contributed by atoms with Gasteiger partial charge in [-0.2, -0.15) is 0 Å². The molecule has 24 heavy (non-hydrogen) atoms. The predicted octanol–water partition coefficient (Wildman–Crippen LogP) is 1.46. The maximum atomic E-state index is 11.6. The molecule has 1 N–H and O–H groups in total. The second-order valence-electron chi connectivity index (χ2n) is 7.87. The third kappa shape index (κ3) is 3.11. The summed E-state index contributed by atoms with van der Waals surface area (Å²) < 4.78 is 1.20. The topological polar surface area (TPSA) is 20.2 Å². The average molecular weight is 475 g/mol. The number of fused-ring (bicyclic) bond motifs is 2. The molecule has 5 heteroatoms. The van der Waals surface area contributed by atoms with Gasteiger partial charge in [0.05, 0.1) is 26.2 Å². The van der Waals surface area contributed by atoms with E-state index in [2.05, 4.69) is 49.1 Å². The molecule has 132 valence electrons. The van der Waals surface area contributed by atoms with Gasteiger partial charge in [-0.05, 0) is 35.2 Å². The van der Waals surface area contributed by atoms with Crippen LogP contribution >= 0.6 is 22.7 Å². The smallest absolute Gasteiger partial charge is 0.133 e. The van der Waals surface area contributed by atoms with Crippen molar-refractivity contribution in [1.29, 1.82) is 0 Å². The number of rotatable bonds is 4. The number of piperidine rings is 1. The average Bonchev–Trinajstić information content (AvgIpc) is 3.22. The third-order valence-corrected chi connectivity index (χ3v) is 8.41. The summed E-state index contributed by atoms with van der Waals surface area (Å²) in [5.41, 5.74) is -0.791. The molecule has 0 amide bonds. The summed E-state index contributed by atoms with van der Waals surface area (Å²) >= 11 is 3.37. The third-order valence-electron chi connectivity index (χ3n) is 6.37. The normalized spacial score (nSPS) is 28.5. The molecule has 2 aliphatic heterocycles. The first kappa shape index (κ1) is 18.8. The number of quaternary nitrogens is 1. The molecular formula is C19H26INOS2. The number of aliphatic hydroxyl groups is 1. The van der Waals surface area contributed by atoms with Gasteiger partial charge in [0, 0.05) is 35.4 Å². The van der Waals surface area contributed by atoms with Crippen molar-refractivity contribution >= 4 is 22.7 Å². The molecule has 2 nitrogen and oxygen atoms in total. The van der Waals surface area contributed by atoms with Gasteiger partial charge < -0.3 is 33.6 Å². The summed E-state index contributed by atoms with van der Waals surface area (Å²) in [5.74, 6) is 0.632. The Hall–Kier alpha value is 0.0500. The van der Waals surface area contributed by atoms with Crippen LogP contribution in [0.1, 0.15) is 41.9 Å². The lowest BCUT2D eigenvalue weighted by Gasteiger charge is -2.45. The van der Waals surface area contributed by atoms with Gasteiger partial charge in [-0.1, -0.05) is 12.1 Å². The molecule has 2 fully saturated rings. The fourth-order valence-electron chi connectivity index (χ4n) is 4.93. The highest BCUT2D eigenvalue weighted by Crippen LogP contribution is 2.48. The highest BCUT2D eigenvalue weighted by Gasteiger charge is 2.50. The SMILES string of the molecule is C[N+]1(C)[C@@H]2CC[C@H]1CC(CC(O)(c1cccs1)c1cccs1)C2.[I-]. The van der Waals surface area contributed by atoms with Crippen LogP contribution in [0.3, 0.4) is 0 Å². The van der Waals surface area contributed by atoms with Crippen molar-refractivity contribution in [3.63, 3.8) is 0 Å². The Balaban J connectivity index is 0.00000169. The standard InChI is InChI=1S/C19H26NOS2.HI/c1-20(2)15-7-8-16(20)12-14(11-15)13-19(21,17-5-3-9-22-17)18-6-4-10-23-18;/h3-6,9-10,14-16,21H,7-8,11-13H2,1-2H3;1H/q+1;/p-1/t14?,15-,16+;. The van der Waals surface area contributed by atoms with Gasteiger partial charge in [0.15, 0.2) is 0 Å². The Morgan fingerprint density at radius 3 is 1.96 bits per heavy atom. The van der Waals surface area contributed by atoms with Crippen molar-refractivity contribution in [2.24, 2.45) is 5.92 Å². The molecule has 1 unspecified atom stereocenters. The van der Waals surface area contributed by atoms with Crippen LogP contribution in [-0.4, -0.2) is 35.8 Å². The van der Waals surface area contributed by atoms with Crippen LogP contribution in [0.25, 0.3) is 0 Å². The van der Waals surface area contributed by atoms with E-state index >= 15 is 0 Å². The molecule has 3 atom stereocenters. The summed E-state index contributed by atoms with van der Waals surface area (Å²) in [4.78, 5) is 2.21. The fourth-order valence-corrected chi connectivity index (χ4v) is 6.69. The molecule has 4 rings (SSSR count). The minimum atomic E-state index is -0.791. The first-order chi connectivity index (χ1) is 11.0. The molecule has 0 aromatic carbocycles. The van der Waals surface area contributed by atoms with Crippen LogP contribution in [0.15, 0.2) is 35.0 Å². The molecule has 2 bridgehead atoms. The Bertz CT molecular complexity index is 603. The van der Waals surface area contributed by atoms with Crippen molar-refractivity contribution in [1.82, 2.24) is 0 Å². The molecule has 2 aromatic heterocycles. The van der Waals surface area contributed by atoms with E-state index in [-0.39, 0.29) is 24.0 Å². The van der Waals surface area contributed by atoms with Crippen molar-refractivity contribution in [2.75, 3.05) is 14.1 Å². The lowest BCUT2D eigenvalue weighted by atomic mass is 9.79. The molecule has 0 radical (unpaired) electrons. The minimum absolute atomic E-state index is 0. The zero-order valence-corrected chi connectivity index (χ0v) is 18.1. The van der Waals surface area contributed by atoms with Gasteiger partial charge in [0.1, 0.15) is 5.60 Å². The zero-order valence-electron chi connectivity index (χ0n) is 14.3. The first-order valence-electron chi connectivity index (χ1n) is 8.64. The van der Waals surface area contributed by atoms with Crippen LogP contribution in [0, 0.1) is 5.92 Å². The maximum Gasteiger partial charge on any atom is 0.133 e. The molecule has 2 saturated heterocycles. The van der Waals surface area contributed by atoms with E-state index in [4.69, 9.17) is 0 Å². The van der Waals surface area contributed by atoms with Crippen LogP contribution in [0.4, 0.5) is 0 Å². The van der Waals surface area contributed by atoms with Crippen molar-refractivity contribution in [3.8, 4) is 0 Å². The zero-order chi connectivity index (χ0) is 16.1. The van der Waals surface area contributed by atoms with E-state index in [1.165, 1.54) is 30.2 Å². The number of hydrogen-bond donors (Lipinski definition) is 1. The van der Waals surface area contributed by atoms with E-state index in [0.717, 1.165) is 28.3 Å². The highest BCUT2D eigenvalue weighted by atomic mass is 127. The van der Waals surface area contributed by atoms with Crippen molar-refractivity contribution in [2.45, 2.75) is 49.8 Å². The van der Waals surface area contributed by atoms with E-state index < -0.39 is 5.60 Å². The van der Waals surface area contributed by atoms with Gasteiger partial charge >= 0.3 is 0 Å². The van der Waals surface area contributed by atoms with Crippen LogP contribution in [-0.2, 0) is 5.60 Å². The van der Waals surface area contributed by atoms with Crippen molar-refractivity contribution < 1.29 is 33.6 Å². The quantitative estimate of drug-likeness (QED) is 0.525. The number of thiophene rings is 2. The summed E-state index contributed by atoms with van der Waals surface area (Å²) in [5, 5.41) is 15.8. The largest absolute Gasteiger partial charge is 1.00 e. The fraction of sp³-hybridized carbons (Fsp3) is 0.579. The summed E-state index contributed by atoms with van der Waals surface area (Å²) in [6.07, 6.45) is 6.14. The molecular weight excluding hydrogens is 449 g/mol. The lowest BCUT2D eigenvalue weighted by molar-refractivity contribution is -0.931. The Labute approximate surface area is 170 Å². The van der Waals surface area contributed by atoms with Crippen LogP contribution in [0.2, 0.25) is 0 Å². The number of hydrogen-bond acceptors (Lipinski definition) is 3. The molecule has 0 saturated carbocycles. The van der Waals surface area contributed by atoms with E-state index in [1.807, 2.05) is 0 Å². The summed E-state index contributed by atoms with van der Waals surface area (Å²) in [6.45, 7) is 0. The Kier molecular flexibility index (Phi) is 5.48. The minimum Gasteiger partial charge on any atom is -1.00 e. The maximum absolute atomic E-state index is 11.6. The van der Waals surface area contributed by atoms with Crippen LogP contribution in [0.5, 0.6) is 0 Å². The van der Waals surface area contributed by atoms with E-state index in [1.54, 1.807) is 22.7 Å². The van der Waals surface area contributed by atoms with Crippen LogP contribution < -0.4 is 24.0 Å². The Morgan fingerprint density at radius 2 is 1.54 bits per heavy atom. The van der Waals surface area contributed by atoms with Gasteiger partial charge in [0.2, 0.25) is 0 Å². The predicted molar refractivity (Wildman–Crippen MR) is 97.9 cm³/mol. The number of nitrogens with zero attached hydrogens (tertiary/aromatic N) is 1. The van der Waals surface area contributed by atoms with Gasteiger partial charge in [0.25, 0.3) is 0 Å². The first-order valence-corrected chi connectivity index (χ1v) is 10.4. The lowest BCUT2D eigenvalue weighted by Crippen LogP contribution is -3.00. The molecule has 2 aromatic rings. The molecule has 4 heterocycles. The van der Waals surface area contributed by atoms with E-state index in [9.17, 15) is 5.11 Å². The van der Waals surface area contributed by atoms with E-state index in [0.29, 0.717) is 5.92 Å². The molecule has 0 aliphatic carbocycles. The highest BCUT2D eigenvalue weighted by molar-refractivity contribution is 7.11. The second-order valence-corrected chi connectivity index (χ2v) is 9.77. The Morgan fingerprint density at radius 1 is 1.04 bits per heavy atom. The van der Waals surface area contributed by atoms with Gasteiger partial charge in [-0.25, -0.2) is 0 Å². The summed E-state index contributed by atoms with van der Waals surface area (Å²) in [6, 6.07) is 9.89. The molecule has 0 spiro atoms. The van der Waals surface area contributed by atoms with Crippen molar-refractivity contribution in [3.05, 3.63) is 44.8 Å². The van der Waals surface area contributed by atoms with Gasteiger partial charge in [-0.3, -0.25) is 0 Å². The monoisotopic (exact) mass is 475 g/mol. The summed E-state index contributed by atoms with van der Waals surface area (Å²) in [7, 11) is 4.81. The van der Waals surface area contributed by atoms with Gasteiger partial charge in [-0.15, -0.1) is 22.7 Å².